The van der Waals surface area contributed by atoms with Gasteiger partial charge in [0, 0.05) is 36.9 Å². The molecule has 35 heavy (non-hydrogen) atoms. The number of aryl methyl sites for hydroxylation is 1. The average Bonchev–Trinajstić information content (AvgIpc) is 3.36. The van der Waals surface area contributed by atoms with Crippen LogP contribution in [0.2, 0.25) is 5.02 Å². The van der Waals surface area contributed by atoms with Gasteiger partial charge in [-0.3, -0.25) is 9.59 Å². The molecule has 0 atom stereocenters. The maximum Gasteiger partial charge on any atom is 0.244 e. The highest BCUT2D eigenvalue weighted by molar-refractivity contribution is 6.31. The molecule has 184 valence electrons. The molecule has 4 rings (SSSR count). The molecule has 2 heterocycles. The largest absolute Gasteiger partial charge is 0.490 e. The van der Waals surface area contributed by atoms with Crippen LogP contribution >= 0.6 is 11.6 Å². The lowest BCUT2D eigenvalue weighted by Gasteiger charge is -2.23. The van der Waals surface area contributed by atoms with Crippen molar-refractivity contribution < 1.29 is 19.1 Å². The van der Waals surface area contributed by atoms with E-state index in [0.29, 0.717) is 60.5 Å². The van der Waals surface area contributed by atoms with Crippen molar-refractivity contribution in [2.24, 2.45) is 0 Å². The van der Waals surface area contributed by atoms with Crippen molar-refractivity contribution in [1.82, 2.24) is 14.5 Å². The summed E-state index contributed by atoms with van der Waals surface area (Å²) in [6.45, 7) is 1.70. The molecule has 0 saturated carbocycles. The van der Waals surface area contributed by atoms with Crippen LogP contribution < -0.4 is 14.8 Å². The number of hydrogen-bond donors (Lipinski definition) is 1. The zero-order chi connectivity index (χ0) is 24.5. The van der Waals surface area contributed by atoms with Crippen LogP contribution in [0.3, 0.4) is 0 Å². The minimum Gasteiger partial charge on any atom is -0.490 e. The van der Waals surface area contributed by atoms with E-state index in [9.17, 15) is 9.59 Å². The van der Waals surface area contributed by atoms with Gasteiger partial charge in [-0.15, -0.1) is 0 Å². The van der Waals surface area contributed by atoms with E-state index in [1.165, 1.54) is 0 Å². The Labute approximate surface area is 209 Å². The molecule has 9 heteroatoms. The highest BCUT2D eigenvalue weighted by Gasteiger charge is 2.19. The van der Waals surface area contributed by atoms with Crippen molar-refractivity contribution in [2.45, 2.75) is 38.6 Å². The van der Waals surface area contributed by atoms with E-state index in [0.717, 1.165) is 19.3 Å². The predicted molar refractivity (Wildman–Crippen MR) is 134 cm³/mol. The molecule has 0 spiro atoms. The molecule has 0 radical (unpaired) electrons. The van der Waals surface area contributed by atoms with Gasteiger partial charge in [0.1, 0.15) is 0 Å². The topological polar surface area (TPSA) is 85.7 Å². The summed E-state index contributed by atoms with van der Waals surface area (Å²) in [4.78, 5) is 31.6. The van der Waals surface area contributed by atoms with Crippen molar-refractivity contribution in [3.8, 4) is 17.2 Å². The molecule has 0 fully saturated rings. The summed E-state index contributed by atoms with van der Waals surface area (Å²) in [7, 11) is 0. The van der Waals surface area contributed by atoms with E-state index in [2.05, 4.69) is 10.3 Å². The molecule has 1 aromatic heterocycles. The molecule has 2 amide bonds. The van der Waals surface area contributed by atoms with Gasteiger partial charge in [0.25, 0.3) is 0 Å². The average molecular weight is 497 g/mol. The van der Waals surface area contributed by atoms with Gasteiger partial charge in [-0.2, -0.15) is 0 Å². The number of hydrogen-bond acceptors (Lipinski definition) is 5. The fraction of sp³-hybridized carbons (Fsp3) is 0.346. The summed E-state index contributed by atoms with van der Waals surface area (Å²) in [6, 6.07) is 12.4. The summed E-state index contributed by atoms with van der Waals surface area (Å²) < 4.78 is 14.0. The van der Waals surface area contributed by atoms with Gasteiger partial charge in [-0.25, -0.2) is 4.98 Å². The molecule has 1 aliphatic heterocycles. The van der Waals surface area contributed by atoms with Crippen LogP contribution in [0.1, 0.15) is 32.1 Å². The number of ether oxygens (including phenoxy) is 2. The maximum absolute atomic E-state index is 13.0. The molecular weight excluding hydrogens is 468 g/mol. The van der Waals surface area contributed by atoms with Gasteiger partial charge in [0.2, 0.25) is 11.8 Å². The Hall–Kier alpha value is -3.52. The Morgan fingerprint density at radius 3 is 2.77 bits per heavy atom. The Kier molecular flexibility index (Phi) is 8.62. The molecule has 1 N–H and O–H groups in total. The van der Waals surface area contributed by atoms with Gasteiger partial charge in [0.15, 0.2) is 17.2 Å². The number of halogens is 1. The van der Waals surface area contributed by atoms with E-state index in [-0.39, 0.29) is 18.4 Å². The number of amides is 2. The number of rotatable bonds is 4. The van der Waals surface area contributed by atoms with Gasteiger partial charge in [-0.1, -0.05) is 23.7 Å². The first-order valence-electron chi connectivity index (χ1n) is 11.8. The molecule has 0 unspecified atom stereocenters. The number of benzene rings is 2. The molecule has 0 bridgehead atoms. The summed E-state index contributed by atoms with van der Waals surface area (Å²) in [6.07, 6.45) is 8.83. The van der Waals surface area contributed by atoms with Crippen LogP contribution in [0.5, 0.6) is 17.2 Å². The summed E-state index contributed by atoms with van der Waals surface area (Å²) >= 11 is 6.20. The number of para-hydroxylation sites is 2. The normalized spacial score (nSPS) is 14.9. The standard InChI is InChI=1S/C26H29ClN4O4/c27-20-10-11-22-21(17-20)29-25(32)18-31(26(33)9-6-13-30-15-12-28-19-30)14-4-1-5-16-34-23-7-2-3-8-24(23)35-22/h2-3,7-8,10-12,15,17,19H,1,4-6,9,13-14,16,18H2,(H,29,32). The Balaban J connectivity index is 1.49. The highest BCUT2D eigenvalue weighted by atomic mass is 35.5. The number of fused-ring (bicyclic) bond motifs is 2. The van der Waals surface area contributed by atoms with Crippen molar-refractivity contribution in [3.63, 3.8) is 0 Å². The van der Waals surface area contributed by atoms with Crippen molar-refractivity contribution in [3.05, 3.63) is 66.2 Å². The molecule has 0 aliphatic carbocycles. The zero-order valence-corrected chi connectivity index (χ0v) is 20.2. The summed E-state index contributed by atoms with van der Waals surface area (Å²) in [5, 5.41) is 3.33. The molecule has 2 aromatic carbocycles. The SMILES string of the molecule is O=C1CN(C(=O)CCCn2ccnc2)CCCCCOc2ccccc2Oc2ccc(Cl)cc2N1. The van der Waals surface area contributed by atoms with Crippen molar-refractivity contribution >= 4 is 29.1 Å². The van der Waals surface area contributed by atoms with E-state index < -0.39 is 0 Å². The fourth-order valence-electron chi connectivity index (χ4n) is 3.87. The van der Waals surface area contributed by atoms with E-state index in [1.807, 2.05) is 35.0 Å². The van der Waals surface area contributed by atoms with Crippen LogP contribution in [0.15, 0.2) is 61.2 Å². The number of aromatic nitrogens is 2. The number of nitrogens with zero attached hydrogens (tertiary/aromatic N) is 3. The number of carbonyl (C=O) groups is 2. The minimum absolute atomic E-state index is 0.0387. The van der Waals surface area contributed by atoms with Crippen LogP contribution in [-0.2, 0) is 16.1 Å². The first-order chi connectivity index (χ1) is 17.1. The lowest BCUT2D eigenvalue weighted by Crippen LogP contribution is -2.38. The lowest BCUT2D eigenvalue weighted by molar-refractivity contribution is -0.134. The summed E-state index contributed by atoms with van der Waals surface area (Å²) in [5.41, 5.74) is 0.430. The Bertz CT molecular complexity index is 1140. The molecule has 3 aromatic rings. The molecule has 8 nitrogen and oxygen atoms in total. The third-order valence-electron chi connectivity index (χ3n) is 5.67. The second-order valence-electron chi connectivity index (χ2n) is 8.37. The smallest absolute Gasteiger partial charge is 0.244 e. The predicted octanol–water partition coefficient (Wildman–Crippen LogP) is 5.14. The highest BCUT2D eigenvalue weighted by Crippen LogP contribution is 2.36. The van der Waals surface area contributed by atoms with Gasteiger partial charge in [-0.05, 0) is 56.0 Å². The van der Waals surface area contributed by atoms with Crippen molar-refractivity contribution in [1.29, 1.82) is 0 Å². The number of anilines is 1. The summed E-state index contributed by atoms with van der Waals surface area (Å²) in [5.74, 6) is 1.27. The van der Waals surface area contributed by atoms with Crippen LogP contribution in [-0.4, -0.2) is 46.0 Å². The van der Waals surface area contributed by atoms with Gasteiger partial charge < -0.3 is 24.3 Å². The van der Waals surface area contributed by atoms with E-state index in [1.54, 1.807) is 35.6 Å². The molecule has 0 saturated heterocycles. The third kappa shape index (κ3) is 7.23. The first-order valence-corrected chi connectivity index (χ1v) is 12.2. The van der Waals surface area contributed by atoms with Gasteiger partial charge in [0.05, 0.1) is 25.2 Å². The minimum atomic E-state index is -0.306. The van der Waals surface area contributed by atoms with Gasteiger partial charge >= 0.3 is 0 Å². The second kappa shape index (κ2) is 12.3. The van der Waals surface area contributed by atoms with Crippen LogP contribution in [0.4, 0.5) is 5.69 Å². The number of imidazole rings is 1. The monoisotopic (exact) mass is 496 g/mol. The van der Waals surface area contributed by atoms with E-state index >= 15 is 0 Å². The molecular formula is C26H29ClN4O4. The number of nitrogens with one attached hydrogen (secondary N) is 1. The number of carbonyl (C=O) groups excluding carboxylic acids is 2. The van der Waals surface area contributed by atoms with Crippen molar-refractivity contribution in [2.75, 3.05) is 25.0 Å². The Morgan fingerprint density at radius 1 is 1.09 bits per heavy atom. The molecule has 1 aliphatic rings. The fourth-order valence-corrected chi connectivity index (χ4v) is 4.04. The first kappa shape index (κ1) is 24.6. The second-order valence-corrected chi connectivity index (χ2v) is 8.80. The lowest BCUT2D eigenvalue weighted by atomic mass is 10.2. The van der Waals surface area contributed by atoms with Crippen LogP contribution in [0, 0.1) is 0 Å². The quantitative estimate of drug-likeness (QED) is 0.540. The van der Waals surface area contributed by atoms with Crippen LogP contribution in [0.25, 0.3) is 0 Å². The maximum atomic E-state index is 13.0. The third-order valence-corrected chi connectivity index (χ3v) is 5.90. The Morgan fingerprint density at radius 2 is 1.94 bits per heavy atom. The van der Waals surface area contributed by atoms with E-state index in [4.69, 9.17) is 21.1 Å². The zero-order valence-electron chi connectivity index (χ0n) is 19.5.